The summed E-state index contributed by atoms with van der Waals surface area (Å²) >= 11 is 0. The molecule has 5 heteroatoms. The first kappa shape index (κ1) is 16.2. The lowest BCUT2D eigenvalue weighted by molar-refractivity contribution is 0.229. The first-order chi connectivity index (χ1) is 9.99. The lowest BCUT2D eigenvalue weighted by atomic mass is 10.0. The summed E-state index contributed by atoms with van der Waals surface area (Å²) in [6.45, 7) is 7.89. The molecule has 1 aliphatic heterocycles. The molecular formula is C16H27FN4. The lowest BCUT2D eigenvalue weighted by Gasteiger charge is -2.37. The smallest absolute Gasteiger partial charge is 0.130 e. The van der Waals surface area contributed by atoms with E-state index in [-0.39, 0.29) is 11.9 Å². The predicted molar refractivity (Wildman–Crippen MR) is 86.2 cm³/mol. The van der Waals surface area contributed by atoms with Crippen molar-refractivity contribution in [2.75, 3.05) is 58.3 Å². The van der Waals surface area contributed by atoms with Crippen LogP contribution in [0.1, 0.15) is 18.5 Å². The van der Waals surface area contributed by atoms with E-state index in [2.05, 4.69) is 28.8 Å². The molecule has 1 saturated heterocycles. The van der Waals surface area contributed by atoms with Gasteiger partial charge >= 0.3 is 0 Å². The largest absolute Gasteiger partial charge is 0.369 e. The molecular weight excluding hydrogens is 267 g/mol. The highest BCUT2D eigenvalue weighted by Crippen LogP contribution is 2.28. The number of hydrogen-bond acceptors (Lipinski definition) is 4. The fourth-order valence-corrected chi connectivity index (χ4v) is 2.81. The molecule has 0 aliphatic carbocycles. The number of piperazine rings is 1. The predicted octanol–water partition coefficient (Wildman–Crippen LogP) is 1.53. The van der Waals surface area contributed by atoms with Crippen LogP contribution in [0.5, 0.6) is 0 Å². The van der Waals surface area contributed by atoms with Crippen LogP contribution in [0.15, 0.2) is 18.2 Å². The van der Waals surface area contributed by atoms with E-state index in [1.807, 2.05) is 13.0 Å². The summed E-state index contributed by atoms with van der Waals surface area (Å²) < 4.78 is 14.0. The molecule has 0 saturated carbocycles. The Morgan fingerprint density at radius 2 is 1.90 bits per heavy atom. The number of halogens is 1. The number of nitrogens with zero attached hydrogens (tertiary/aromatic N) is 3. The Bertz CT molecular complexity index is 454. The van der Waals surface area contributed by atoms with Gasteiger partial charge in [-0.15, -0.1) is 0 Å². The average molecular weight is 294 g/mol. The van der Waals surface area contributed by atoms with Crippen molar-refractivity contribution in [2.45, 2.75) is 13.0 Å². The van der Waals surface area contributed by atoms with Crippen molar-refractivity contribution in [3.05, 3.63) is 29.6 Å². The highest BCUT2D eigenvalue weighted by atomic mass is 19.1. The average Bonchev–Trinajstić information content (AvgIpc) is 2.45. The Hall–Kier alpha value is -1.17. The van der Waals surface area contributed by atoms with Crippen molar-refractivity contribution in [1.29, 1.82) is 0 Å². The third-order valence-corrected chi connectivity index (χ3v) is 4.06. The zero-order valence-corrected chi connectivity index (χ0v) is 13.3. The van der Waals surface area contributed by atoms with Crippen molar-refractivity contribution in [3.63, 3.8) is 0 Å². The van der Waals surface area contributed by atoms with Gasteiger partial charge in [-0.05, 0) is 33.2 Å². The second-order valence-corrected chi connectivity index (χ2v) is 6.09. The number of likely N-dealkylation sites (N-methyl/N-ethyl adjacent to an activating group) is 1. The minimum absolute atomic E-state index is 0.197. The molecule has 0 amide bonds. The Morgan fingerprint density at radius 1 is 1.24 bits per heavy atom. The Labute approximate surface area is 127 Å². The van der Waals surface area contributed by atoms with Gasteiger partial charge in [0.1, 0.15) is 5.82 Å². The quantitative estimate of drug-likeness (QED) is 0.893. The molecule has 1 aliphatic rings. The summed E-state index contributed by atoms with van der Waals surface area (Å²) in [7, 11) is 4.19. The van der Waals surface area contributed by atoms with Crippen LogP contribution in [0.25, 0.3) is 0 Å². The van der Waals surface area contributed by atoms with Crippen LogP contribution in [0.3, 0.4) is 0 Å². The Kier molecular flexibility index (Phi) is 5.56. The summed E-state index contributed by atoms with van der Waals surface area (Å²) in [6.07, 6.45) is 0. The van der Waals surface area contributed by atoms with Gasteiger partial charge in [0.2, 0.25) is 0 Å². The van der Waals surface area contributed by atoms with Crippen LogP contribution < -0.4 is 10.6 Å². The molecule has 2 rings (SSSR count). The van der Waals surface area contributed by atoms with Gasteiger partial charge < -0.3 is 15.5 Å². The zero-order valence-electron chi connectivity index (χ0n) is 13.3. The molecule has 1 aromatic carbocycles. The van der Waals surface area contributed by atoms with Gasteiger partial charge in [-0.3, -0.25) is 4.90 Å². The Morgan fingerprint density at radius 3 is 2.48 bits per heavy atom. The van der Waals surface area contributed by atoms with Gasteiger partial charge in [-0.2, -0.15) is 0 Å². The summed E-state index contributed by atoms with van der Waals surface area (Å²) in [4.78, 5) is 6.92. The molecule has 21 heavy (non-hydrogen) atoms. The van der Waals surface area contributed by atoms with E-state index in [9.17, 15) is 4.39 Å². The molecule has 2 N–H and O–H groups in total. The molecule has 1 heterocycles. The van der Waals surface area contributed by atoms with Crippen molar-refractivity contribution >= 4 is 5.69 Å². The number of nitrogens with two attached hydrogens (primary N) is 1. The van der Waals surface area contributed by atoms with Crippen molar-refractivity contribution in [3.8, 4) is 0 Å². The van der Waals surface area contributed by atoms with Crippen LogP contribution in [0.4, 0.5) is 10.1 Å². The molecule has 0 spiro atoms. The SMILES string of the molecule is C[C@H](N)c1c(F)cccc1N1CCN(CCN(C)C)CC1. The van der Waals surface area contributed by atoms with Gasteiger partial charge in [0.15, 0.2) is 0 Å². The van der Waals surface area contributed by atoms with Gasteiger partial charge in [-0.25, -0.2) is 4.39 Å². The molecule has 4 nitrogen and oxygen atoms in total. The van der Waals surface area contributed by atoms with Gasteiger partial charge in [0, 0.05) is 56.6 Å². The number of rotatable bonds is 5. The molecule has 1 fully saturated rings. The maximum Gasteiger partial charge on any atom is 0.130 e. The number of anilines is 1. The third-order valence-electron chi connectivity index (χ3n) is 4.06. The number of hydrogen-bond donors (Lipinski definition) is 1. The minimum Gasteiger partial charge on any atom is -0.369 e. The summed E-state index contributed by atoms with van der Waals surface area (Å²) in [5, 5.41) is 0. The van der Waals surface area contributed by atoms with Crippen LogP contribution in [-0.4, -0.2) is 63.2 Å². The lowest BCUT2D eigenvalue weighted by Crippen LogP contribution is -2.48. The third kappa shape index (κ3) is 4.15. The standard InChI is InChI=1S/C16H27FN4/c1-13(18)16-14(17)5-4-6-15(16)21-11-9-20(10-12-21)8-7-19(2)3/h4-6,13H,7-12,18H2,1-3H3/t13-/m0/s1. The molecule has 0 bridgehead atoms. The normalized spacial score (nSPS) is 18.3. The molecule has 0 aromatic heterocycles. The fraction of sp³-hybridized carbons (Fsp3) is 0.625. The van der Waals surface area contributed by atoms with Gasteiger partial charge in [-0.1, -0.05) is 6.07 Å². The second kappa shape index (κ2) is 7.20. The maximum absolute atomic E-state index is 14.0. The van der Waals surface area contributed by atoms with E-state index in [0.717, 1.165) is 45.0 Å². The number of benzene rings is 1. The van der Waals surface area contributed by atoms with Crippen molar-refractivity contribution in [2.24, 2.45) is 5.73 Å². The maximum atomic E-state index is 14.0. The molecule has 1 aromatic rings. The van der Waals surface area contributed by atoms with E-state index in [0.29, 0.717) is 5.56 Å². The van der Waals surface area contributed by atoms with E-state index in [1.165, 1.54) is 6.07 Å². The van der Waals surface area contributed by atoms with Crippen molar-refractivity contribution < 1.29 is 4.39 Å². The van der Waals surface area contributed by atoms with E-state index in [4.69, 9.17) is 5.73 Å². The summed E-state index contributed by atoms with van der Waals surface area (Å²) in [5.41, 5.74) is 7.54. The van der Waals surface area contributed by atoms with Gasteiger partial charge in [0.25, 0.3) is 0 Å². The topological polar surface area (TPSA) is 35.7 Å². The molecule has 0 radical (unpaired) electrons. The van der Waals surface area contributed by atoms with Crippen molar-refractivity contribution in [1.82, 2.24) is 9.80 Å². The molecule has 1 atom stereocenters. The highest BCUT2D eigenvalue weighted by Gasteiger charge is 2.21. The summed E-state index contributed by atoms with van der Waals surface area (Å²) in [6, 6.07) is 4.97. The molecule has 118 valence electrons. The van der Waals surface area contributed by atoms with Crippen LogP contribution in [0, 0.1) is 5.82 Å². The summed E-state index contributed by atoms with van der Waals surface area (Å²) in [5.74, 6) is -0.197. The van der Waals surface area contributed by atoms with Crippen LogP contribution in [-0.2, 0) is 0 Å². The Balaban J connectivity index is 2.01. The first-order valence-electron chi connectivity index (χ1n) is 7.65. The second-order valence-electron chi connectivity index (χ2n) is 6.09. The van der Waals surface area contributed by atoms with Crippen LogP contribution >= 0.6 is 0 Å². The van der Waals surface area contributed by atoms with E-state index >= 15 is 0 Å². The van der Waals surface area contributed by atoms with E-state index < -0.39 is 0 Å². The highest BCUT2D eigenvalue weighted by molar-refractivity contribution is 5.55. The zero-order chi connectivity index (χ0) is 15.4. The molecule has 0 unspecified atom stereocenters. The van der Waals surface area contributed by atoms with Crippen LogP contribution in [0.2, 0.25) is 0 Å². The fourth-order valence-electron chi connectivity index (χ4n) is 2.81. The monoisotopic (exact) mass is 294 g/mol. The first-order valence-corrected chi connectivity index (χ1v) is 7.65. The van der Waals surface area contributed by atoms with Gasteiger partial charge in [0.05, 0.1) is 0 Å². The van der Waals surface area contributed by atoms with E-state index in [1.54, 1.807) is 6.07 Å². The minimum atomic E-state index is -0.284.